The highest BCUT2D eigenvalue weighted by Gasteiger charge is 2.50. The number of nitrogen functional groups attached to an aromatic ring is 1. The van der Waals surface area contributed by atoms with Crippen molar-refractivity contribution in [1.29, 1.82) is 0 Å². The van der Waals surface area contributed by atoms with Crippen LogP contribution < -0.4 is 25.4 Å². The van der Waals surface area contributed by atoms with Gasteiger partial charge in [0.05, 0.1) is 17.1 Å². The molecule has 47 heavy (non-hydrogen) atoms. The van der Waals surface area contributed by atoms with Crippen molar-refractivity contribution in [2.75, 3.05) is 43.4 Å². The maximum atomic E-state index is 16.7. The summed E-state index contributed by atoms with van der Waals surface area (Å²) in [7, 11) is 0. The van der Waals surface area contributed by atoms with Crippen LogP contribution in [0.3, 0.4) is 0 Å². The van der Waals surface area contributed by atoms with E-state index in [9.17, 15) is 26.3 Å². The van der Waals surface area contributed by atoms with Crippen LogP contribution in [0.15, 0.2) is 6.07 Å². The third-order valence-corrected chi connectivity index (χ3v) is 9.79. The van der Waals surface area contributed by atoms with Crippen LogP contribution >= 0.6 is 0 Å². The lowest BCUT2D eigenvalue weighted by atomic mass is 9.95. The predicted molar refractivity (Wildman–Crippen MR) is 157 cm³/mol. The second-order valence-corrected chi connectivity index (χ2v) is 12.7. The number of nitrogens with zero attached hydrogens (tertiary/aromatic N) is 6. The summed E-state index contributed by atoms with van der Waals surface area (Å²) in [6.45, 7) is 5.60. The van der Waals surface area contributed by atoms with Gasteiger partial charge < -0.3 is 25.4 Å². The van der Waals surface area contributed by atoms with Crippen LogP contribution in [-0.4, -0.2) is 87.5 Å². The molecule has 0 saturated carbocycles. The van der Waals surface area contributed by atoms with Gasteiger partial charge in [-0.25, -0.2) is 27.5 Å². The van der Waals surface area contributed by atoms with E-state index >= 15 is 4.39 Å². The van der Waals surface area contributed by atoms with Crippen LogP contribution in [0.5, 0.6) is 11.9 Å². The van der Waals surface area contributed by atoms with Crippen molar-refractivity contribution >= 4 is 22.5 Å². The monoisotopic (exact) mass is 670 g/mol. The van der Waals surface area contributed by atoms with Crippen LogP contribution in [0, 0.1) is 5.82 Å². The van der Waals surface area contributed by atoms with Crippen LogP contribution in [0.4, 0.5) is 42.4 Å². The number of alkyl halides is 6. The summed E-state index contributed by atoms with van der Waals surface area (Å²) < 4.78 is 114. The first-order valence-electron chi connectivity index (χ1n) is 15.6. The van der Waals surface area contributed by atoms with E-state index in [1.165, 1.54) is 0 Å². The Morgan fingerprint density at radius 2 is 1.98 bits per heavy atom. The zero-order valence-electron chi connectivity index (χ0n) is 25.6. The summed E-state index contributed by atoms with van der Waals surface area (Å²) in [5, 5.41) is 3.44. The molecule has 0 spiro atoms. The topological polar surface area (TPSA) is 115 Å². The molecule has 4 aliphatic heterocycles. The van der Waals surface area contributed by atoms with E-state index < -0.39 is 70.1 Å². The molecule has 7 heterocycles. The number of hydrogen-bond acceptors (Lipinski definition) is 10. The minimum absolute atomic E-state index is 0.000261. The number of nitrogens with one attached hydrogen (secondary N) is 1. The number of anilines is 2. The van der Waals surface area contributed by atoms with Gasteiger partial charge in [-0.2, -0.15) is 23.1 Å². The van der Waals surface area contributed by atoms with E-state index in [0.717, 1.165) is 12.8 Å². The molecule has 17 heteroatoms. The maximum Gasteiger partial charge on any atom is 0.419 e. The van der Waals surface area contributed by atoms with Gasteiger partial charge in [0.25, 0.3) is 6.43 Å². The third kappa shape index (κ3) is 5.34. The van der Waals surface area contributed by atoms with Crippen molar-refractivity contribution in [1.82, 2.24) is 30.2 Å². The number of pyridine rings is 2. The van der Waals surface area contributed by atoms with E-state index in [4.69, 9.17) is 15.2 Å². The zero-order chi connectivity index (χ0) is 33.4. The molecule has 7 rings (SSSR count). The molecule has 5 atom stereocenters. The Labute approximate surface area is 264 Å². The standard InChI is InChI=1S/C30H33F7N8O2/c1-3-15-11-45-17(9-39-15)13(2)47-27-19-23(42-28(43-26(19)45)46-12-29-5-4-6-44(29)10-14(31)8-29)21(32)22(41-27)16-7-18(38)40-24(25(33)34)20(16)30(35,36)37/h7,13-15,17,25,39H,3-6,8-12H2,1-2H3,(H2,38,40)/t13-,14+,15+,17-,29-/m0/s1. The van der Waals surface area contributed by atoms with Crippen LogP contribution in [0.25, 0.3) is 22.2 Å². The highest BCUT2D eigenvalue weighted by molar-refractivity contribution is 5.97. The Bertz CT molecular complexity index is 1710. The molecule has 0 amide bonds. The number of piperazine rings is 1. The molecule has 4 aliphatic rings. The molecule has 0 bridgehead atoms. The molecule has 0 radical (unpaired) electrons. The average Bonchev–Trinajstić information content (AvgIpc) is 3.51. The maximum absolute atomic E-state index is 16.7. The van der Waals surface area contributed by atoms with Crippen molar-refractivity contribution in [3.8, 4) is 23.1 Å². The minimum Gasteiger partial charge on any atom is -0.472 e. The molecule has 0 aliphatic carbocycles. The number of ether oxygens (including phenoxy) is 2. The van der Waals surface area contributed by atoms with Gasteiger partial charge in [-0.1, -0.05) is 6.92 Å². The summed E-state index contributed by atoms with van der Waals surface area (Å²) in [6.07, 6.45) is -8.17. The first-order valence-corrected chi connectivity index (χ1v) is 15.6. The second-order valence-electron chi connectivity index (χ2n) is 12.7. The quantitative estimate of drug-likeness (QED) is 0.345. The Morgan fingerprint density at radius 1 is 1.19 bits per heavy atom. The van der Waals surface area contributed by atoms with Gasteiger partial charge in [0.15, 0.2) is 5.82 Å². The molecular formula is C30H33F7N8O2. The summed E-state index contributed by atoms with van der Waals surface area (Å²) in [4.78, 5) is 20.3. The SMILES string of the molecule is CC[C@@H]1CN2c3nc(OC[C@@]45CCCN4C[C@H](F)C5)nc4c(F)c(-c5cc(N)nc(C(F)F)c5C(F)(F)F)nc(c34)O[C@@H](C)[C@@H]2CN1. The fraction of sp³-hybridized carbons (Fsp3) is 0.600. The second kappa shape index (κ2) is 11.5. The lowest BCUT2D eigenvalue weighted by Gasteiger charge is -2.42. The average molecular weight is 671 g/mol. The summed E-state index contributed by atoms with van der Waals surface area (Å²) >= 11 is 0. The molecule has 3 N–H and O–H groups in total. The van der Waals surface area contributed by atoms with Crippen LogP contribution in [-0.2, 0) is 6.18 Å². The number of nitrogens with two attached hydrogens (primary N) is 1. The van der Waals surface area contributed by atoms with Crippen LogP contribution in [0.2, 0.25) is 0 Å². The molecule has 3 aromatic rings. The van der Waals surface area contributed by atoms with Crippen molar-refractivity contribution < 1.29 is 40.2 Å². The molecule has 3 fully saturated rings. The molecule has 10 nitrogen and oxygen atoms in total. The smallest absolute Gasteiger partial charge is 0.419 e. The first-order chi connectivity index (χ1) is 22.3. The minimum atomic E-state index is -5.37. The van der Waals surface area contributed by atoms with E-state index in [1.54, 1.807) is 6.92 Å². The Balaban J connectivity index is 1.44. The molecule has 3 saturated heterocycles. The largest absolute Gasteiger partial charge is 0.472 e. The van der Waals surface area contributed by atoms with Gasteiger partial charge in [0, 0.05) is 37.7 Å². The van der Waals surface area contributed by atoms with E-state index in [-0.39, 0.29) is 54.8 Å². The lowest BCUT2D eigenvalue weighted by molar-refractivity contribution is -0.139. The molecule has 254 valence electrons. The molecule has 0 unspecified atom stereocenters. The van der Waals surface area contributed by atoms with Crippen molar-refractivity contribution in [3.63, 3.8) is 0 Å². The Morgan fingerprint density at radius 3 is 2.70 bits per heavy atom. The fourth-order valence-electron chi connectivity index (χ4n) is 7.54. The fourth-order valence-corrected chi connectivity index (χ4v) is 7.54. The summed E-state index contributed by atoms with van der Waals surface area (Å²) in [5.74, 6) is -2.09. The number of rotatable bonds is 6. The van der Waals surface area contributed by atoms with E-state index in [0.29, 0.717) is 32.1 Å². The van der Waals surface area contributed by atoms with Crippen molar-refractivity contribution in [2.24, 2.45) is 0 Å². The van der Waals surface area contributed by atoms with Gasteiger partial charge >= 0.3 is 12.2 Å². The number of halogens is 7. The number of fused-ring (bicyclic) bond motifs is 3. The molecule has 3 aromatic heterocycles. The Kier molecular flexibility index (Phi) is 7.76. The van der Waals surface area contributed by atoms with Crippen molar-refractivity contribution in [2.45, 2.75) is 82.0 Å². The van der Waals surface area contributed by atoms with Crippen LogP contribution in [0.1, 0.15) is 57.2 Å². The third-order valence-electron chi connectivity index (χ3n) is 9.79. The normalized spacial score (nSPS) is 27.6. The van der Waals surface area contributed by atoms with E-state index in [1.807, 2.05) is 16.7 Å². The molecular weight excluding hydrogens is 637 g/mol. The predicted octanol–water partition coefficient (Wildman–Crippen LogP) is 5.06. The first kappa shape index (κ1) is 31.8. The van der Waals surface area contributed by atoms with Gasteiger partial charge in [-0.15, -0.1) is 0 Å². The van der Waals surface area contributed by atoms with E-state index in [2.05, 4.69) is 25.3 Å². The van der Waals surface area contributed by atoms with Gasteiger partial charge in [-0.05, 0) is 38.8 Å². The van der Waals surface area contributed by atoms with Gasteiger partial charge in [-0.3, -0.25) is 4.90 Å². The lowest BCUT2D eigenvalue weighted by Crippen LogP contribution is -2.60. The zero-order valence-corrected chi connectivity index (χ0v) is 25.6. The summed E-state index contributed by atoms with van der Waals surface area (Å²) in [5.41, 5.74) is -0.914. The van der Waals surface area contributed by atoms with Gasteiger partial charge in [0.2, 0.25) is 5.88 Å². The highest BCUT2D eigenvalue weighted by Crippen LogP contribution is 2.47. The number of aromatic nitrogens is 4. The highest BCUT2D eigenvalue weighted by atomic mass is 19.4. The van der Waals surface area contributed by atoms with Crippen molar-refractivity contribution in [3.05, 3.63) is 23.1 Å². The number of hydrogen-bond donors (Lipinski definition) is 2. The van der Waals surface area contributed by atoms with Gasteiger partial charge in [0.1, 0.15) is 52.8 Å². The molecule has 0 aromatic carbocycles. The summed E-state index contributed by atoms with van der Waals surface area (Å²) in [6, 6.07) is 0.0533. The Hall–Kier alpha value is -3.73.